The van der Waals surface area contributed by atoms with Crippen molar-refractivity contribution in [2.45, 2.75) is 34.6 Å². The number of likely N-dealkylation sites (N-methyl/N-ethyl adjacent to an activating group) is 2. The second-order valence-electron chi connectivity index (χ2n) is 6.46. The van der Waals surface area contributed by atoms with Crippen LogP contribution in [0.25, 0.3) is 10.6 Å². The van der Waals surface area contributed by atoms with Crippen LogP contribution in [0.5, 0.6) is 0 Å². The molecule has 0 aliphatic rings. The van der Waals surface area contributed by atoms with E-state index in [1.165, 1.54) is 22.5 Å². The number of benzene rings is 1. The molecule has 0 bridgehead atoms. The molecule has 2 aromatic rings. The zero-order valence-electron chi connectivity index (χ0n) is 16.2. The Balaban J connectivity index is 2.26. The SMILES string of the molecule is CCN(C)CCN(CC)C(=O)c1sc(-c2cccc(C)c2C)nc1C. The van der Waals surface area contributed by atoms with E-state index >= 15 is 0 Å². The van der Waals surface area contributed by atoms with Gasteiger partial charge in [-0.15, -0.1) is 11.3 Å². The molecule has 1 amide bonds. The number of thiazole rings is 1. The number of carbonyl (C=O) groups excluding carboxylic acids is 1. The molecular weight excluding hydrogens is 330 g/mol. The van der Waals surface area contributed by atoms with Crippen molar-refractivity contribution in [1.29, 1.82) is 0 Å². The van der Waals surface area contributed by atoms with Crippen molar-refractivity contribution in [1.82, 2.24) is 14.8 Å². The predicted molar refractivity (Wildman–Crippen MR) is 107 cm³/mol. The minimum Gasteiger partial charge on any atom is -0.337 e. The largest absolute Gasteiger partial charge is 0.337 e. The van der Waals surface area contributed by atoms with E-state index < -0.39 is 0 Å². The van der Waals surface area contributed by atoms with Gasteiger partial charge in [-0.25, -0.2) is 4.98 Å². The average molecular weight is 360 g/mol. The molecule has 5 heteroatoms. The van der Waals surface area contributed by atoms with Crippen molar-refractivity contribution in [3.05, 3.63) is 39.9 Å². The van der Waals surface area contributed by atoms with E-state index in [1.54, 1.807) is 0 Å². The van der Waals surface area contributed by atoms with Gasteiger partial charge in [0, 0.05) is 25.2 Å². The molecule has 0 atom stereocenters. The highest BCUT2D eigenvalue weighted by Gasteiger charge is 2.21. The average Bonchev–Trinajstić information content (AvgIpc) is 2.98. The molecule has 0 aliphatic carbocycles. The van der Waals surface area contributed by atoms with Gasteiger partial charge < -0.3 is 9.80 Å². The standard InChI is InChI=1S/C20H29N3OS/c1-7-22(6)12-13-23(8-2)20(24)18-16(5)21-19(25-18)17-11-9-10-14(3)15(17)4/h9-11H,7-8,12-13H2,1-6H3. The van der Waals surface area contributed by atoms with E-state index in [2.05, 4.69) is 50.9 Å². The van der Waals surface area contributed by atoms with Gasteiger partial charge in [0.2, 0.25) is 0 Å². The fourth-order valence-electron chi connectivity index (χ4n) is 2.69. The van der Waals surface area contributed by atoms with E-state index in [-0.39, 0.29) is 5.91 Å². The summed E-state index contributed by atoms with van der Waals surface area (Å²) in [4.78, 5) is 22.6. The Morgan fingerprint density at radius 3 is 2.48 bits per heavy atom. The number of aryl methyl sites for hydroxylation is 2. The van der Waals surface area contributed by atoms with E-state index in [4.69, 9.17) is 4.98 Å². The van der Waals surface area contributed by atoms with Gasteiger partial charge >= 0.3 is 0 Å². The molecule has 136 valence electrons. The topological polar surface area (TPSA) is 36.4 Å². The van der Waals surface area contributed by atoms with Crippen LogP contribution < -0.4 is 0 Å². The van der Waals surface area contributed by atoms with Gasteiger partial charge in [-0.1, -0.05) is 25.1 Å². The third kappa shape index (κ3) is 4.47. The summed E-state index contributed by atoms with van der Waals surface area (Å²) in [6, 6.07) is 6.24. The summed E-state index contributed by atoms with van der Waals surface area (Å²) in [6.45, 7) is 13.6. The maximum atomic E-state index is 13.0. The van der Waals surface area contributed by atoms with E-state index in [0.717, 1.165) is 40.8 Å². The third-order valence-electron chi connectivity index (χ3n) is 4.79. The number of rotatable bonds is 7. The molecule has 2 rings (SSSR count). The lowest BCUT2D eigenvalue weighted by Gasteiger charge is -2.23. The Morgan fingerprint density at radius 2 is 1.84 bits per heavy atom. The highest BCUT2D eigenvalue weighted by Crippen LogP contribution is 2.32. The van der Waals surface area contributed by atoms with Gasteiger partial charge in [0.25, 0.3) is 5.91 Å². The number of hydrogen-bond acceptors (Lipinski definition) is 4. The van der Waals surface area contributed by atoms with Crippen LogP contribution in [-0.4, -0.2) is 53.9 Å². The summed E-state index contributed by atoms with van der Waals surface area (Å²) >= 11 is 1.51. The van der Waals surface area contributed by atoms with Crippen molar-refractivity contribution in [2.75, 3.05) is 33.2 Å². The molecule has 0 aliphatic heterocycles. The van der Waals surface area contributed by atoms with Crippen LogP contribution in [0.15, 0.2) is 18.2 Å². The van der Waals surface area contributed by atoms with Gasteiger partial charge in [-0.3, -0.25) is 4.79 Å². The Hall–Kier alpha value is -1.72. The number of hydrogen-bond donors (Lipinski definition) is 0. The molecular formula is C20H29N3OS. The summed E-state index contributed by atoms with van der Waals surface area (Å²) in [7, 11) is 2.08. The molecule has 25 heavy (non-hydrogen) atoms. The summed E-state index contributed by atoms with van der Waals surface area (Å²) in [6.07, 6.45) is 0. The minimum absolute atomic E-state index is 0.0959. The molecule has 0 fully saturated rings. The molecule has 0 spiro atoms. The Morgan fingerprint density at radius 1 is 1.12 bits per heavy atom. The van der Waals surface area contributed by atoms with Crippen molar-refractivity contribution >= 4 is 17.2 Å². The normalized spacial score (nSPS) is 11.2. The number of carbonyl (C=O) groups is 1. The zero-order valence-corrected chi connectivity index (χ0v) is 17.0. The first-order chi connectivity index (χ1) is 11.9. The molecule has 1 aromatic heterocycles. The fourth-order valence-corrected chi connectivity index (χ4v) is 3.81. The van der Waals surface area contributed by atoms with E-state index in [0.29, 0.717) is 6.54 Å². The smallest absolute Gasteiger partial charge is 0.265 e. The quantitative estimate of drug-likeness (QED) is 0.745. The maximum absolute atomic E-state index is 13.0. The first kappa shape index (κ1) is 19.6. The van der Waals surface area contributed by atoms with Crippen molar-refractivity contribution in [3.63, 3.8) is 0 Å². The molecule has 0 saturated heterocycles. The molecule has 4 nitrogen and oxygen atoms in total. The lowest BCUT2D eigenvalue weighted by molar-refractivity contribution is 0.0755. The lowest BCUT2D eigenvalue weighted by atomic mass is 10.0. The number of nitrogens with zero attached hydrogens (tertiary/aromatic N) is 3. The zero-order chi connectivity index (χ0) is 18.6. The molecule has 1 heterocycles. The highest BCUT2D eigenvalue weighted by atomic mass is 32.1. The van der Waals surface area contributed by atoms with Crippen LogP contribution >= 0.6 is 11.3 Å². The predicted octanol–water partition coefficient (Wildman–Crippen LogP) is 4.15. The Kier molecular flexibility index (Phi) is 6.73. The van der Waals surface area contributed by atoms with Crippen LogP contribution in [0.2, 0.25) is 0 Å². The molecule has 0 saturated carbocycles. The van der Waals surface area contributed by atoms with Gasteiger partial charge in [0.1, 0.15) is 9.88 Å². The van der Waals surface area contributed by atoms with Crippen LogP contribution in [0, 0.1) is 20.8 Å². The van der Waals surface area contributed by atoms with Crippen molar-refractivity contribution in [2.24, 2.45) is 0 Å². The second kappa shape index (κ2) is 8.59. The summed E-state index contributed by atoms with van der Waals surface area (Å²) in [5.74, 6) is 0.0959. The molecule has 0 unspecified atom stereocenters. The van der Waals surface area contributed by atoms with Crippen LogP contribution in [-0.2, 0) is 0 Å². The molecule has 1 aromatic carbocycles. The van der Waals surface area contributed by atoms with Crippen molar-refractivity contribution in [3.8, 4) is 10.6 Å². The molecule has 0 N–H and O–H groups in total. The van der Waals surface area contributed by atoms with Crippen LogP contribution in [0.3, 0.4) is 0 Å². The summed E-state index contributed by atoms with van der Waals surface area (Å²) in [5.41, 5.74) is 4.43. The fraction of sp³-hybridized carbons (Fsp3) is 0.500. The first-order valence-corrected chi connectivity index (χ1v) is 9.72. The maximum Gasteiger partial charge on any atom is 0.265 e. The van der Waals surface area contributed by atoms with Gasteiger partial charge in [-0.05, 0) is 52.4 Å². The highest BCUT2D eigenvalue weighted by molar-refractivity contribution is 7.17. The monoisotopic (exact) mass is 359 g/mol. The lowest BCUT2D eigenvalue weighted by Crippen LogP contribution is -2.37. The van der Waals surface area contributed by atoms with Gasteiger partial charge in [-0.2, -0.15) is 0 Å². The summed E-state index contributed by atoms with van der Waals surface area (Å²) < 4.78 is 0. The summed E-state index contributed by atoms with van der Waals surface area (Å²) in [5, 5.41) is 0.934. The first-order valence-electron chi connectivity index (χ1n) is 8.90. The number of aromatic nitrogens is 1. The van der Waals surface area contributed by atoms with E-state index in [1.807, 2.05) is 18.7 Å². The van der Waals surface area contributed by atoms with E-state index in [9.17, 15) is 4.79 Å². The van der Waals surface area contributed by atoms with Gasteiger partial charge in [0.15, 0.2) is 0 Å². The van der Waals surface area contributed by atoms with Crippen molar-refractivity contribution < 1.29 is 4.79 Å². The van der Waals surface area contributed by atoms with Crippen LogP contribution in [0.4, 0.5) is 0 Å². The Bertz CT molecular complexity index is 739. The van der Waals surface area contributed by atoms with Crippen LogP contribution in [0.1, 0.15) is 40.3 Å². The second-order valence-corrected chi connectivity index (χ2v) is 7.46. The molecule has 0 radical (unpaired) electrons. The Labute approximate surface area is 155 Å². The minimum atomic E-state index is 0.0959. The third-order valence-corrected chi connectivity index (χ3v) is 5.96. The number of amides is 1. The van der Waals surface area contributed by atoms with Gasteiger partial charge in [0.05, 0.1) is 5.69 Å².